The van der Waals surface area contributed by atoms with Gasteiger partial charge < -0.3 is 19.7 Å². The first-order valence-corrected chi connectivity index (χ1v) is 11.6. The maximum atomic E-state index is 13.3. The Bertz CT molecular complexity index is 1140. The van der Waals surface area contributed by atoms with Gasteiger partial charge >= 0.3 is 12.4 Å². The highest BCUT2D eigenvalue weighted by molar-refractivity contribution is 5.35. The number of ether oxygens (including phenoxy) is 1. The van der Waals surface area contributed by atoms with Crippen LogP contribution in [0.25, 0.3) is 0 Å². The normalized spacial score (nSPS) is 23.7. The molecule has 1 saturated heterocycles. The summed E-state index contributed by atoms with van der Waals surface area (Å²) < 4.78 is 87.7. The number of alkyl halides is 6. The van der Waals surface area contributed by atoms with Gasteiger partial charge in [0.1, 0.15) is 12.7 Å². The van der Waals surface area contributed by atoms with E-state index in [0.29, 0.717) is 31.5 Å². The molecule has 0 saturated carbocycles. The summed E-state index contributed by atoms with van der Waals surface area (Å²) in [6.07, 6.45) is -6.98. The Balaban J connectivity index is 1.60. The Kier molecular flexibility index (Phi) is 7.37. The zero-order valence-corrected chi connectivity index (χ0v) is 19.9. The van der Waals surface area contributed by atoms with Crippen LogP contribution in [0.15, 0.2) is 61.2 Å². The van der Waals surface area contributed by atoms with E-state index < -0.39 is 40.7 Å². The predicted octanol–water partition coefficient (Wildman–Crippen LogP) is 5.06. The Hall–Kier alpha value is -2.96. The van der Waals surface area contributed by atoms with Crippen LogP contribution in [0.5, 0.6) is 0 Å². The molecule has 12 heteroatoms. The number of benzene rings is 2. The molecule has 0 radical (unpaired) electrons. The molecule has 4 rings (SSSR count). The van der Waals surface area contributed by atoms with Crippen molar-refractivity contribution in [2.45, 2.75) is 49.3 Å². The van der Waals surface area contributed by atoms with Crippen LogP contribution in [0.3, 0.4) is 0 Å². The number of aliphatic hydroxyl groups is 1. The summed E-state index contributed by atoms with van der Waals surface area (Å²) in [6.45, 7) is 1.51. The fourth-order valence-corrected chi connectivity index (χ4v) is 4.63. The predicted molar refractivity (Wildman–Crippen MR) is 121 cm³/mol. The number of hydrogen-bond acceptors (Lipinski definition) is 5. The van der Waals surface area contributed by atoms with Crippen molar-refractivity contribution in [3.63, 3.8) is 0 Å². The van der Waals surface area contributed by atoms with Gasteiger partial charge in [0.15, 0.2) is 0 Å². The molecule has 1 aliphatic rings. The third-order valence-electron chi connectivity index (χ3n) is 7.02. The molecule has 3 atom stereocenters. The van der Waals surface area contributed by atoms with E-state index in [1.54, 1.807) is 4.57 Å². The van der Waals surface area contributed by atoms with Crippen molar-refractivity contribution in [2.24, 2.45) is 0 Å². The second-order valence-electron chi connectivity index (χ2n) is 9.35. The number of aromatic nitrogens is 3. The summed E-state index contributed by atoms with van der Waals surface area (Å²) >= 11 is 0. The largest absolute Gasteiger partial charge is 0.416 e. The molecule has 1 aromatic heterocycles. The van der Waals surface area contributed by atoms with Gasteiger partial charge in [0, 0.05) is 6.54 Å². The second kappa shape index (κ2) is 10.1. The molecular weight excluding hydrogens is 502 g/mol. The van der Waals surface area contributed by atoms with Crippen LogP contribution < -0.4 is 5.32 Å². The highest BCUT2D eigenvalue weighted by Gasteiger charge is 2.45. The highest BCUT2D eigenvalue weighted by atomic mass is 19.4. The van der Waals surface area contributed by atoms with Crippen LogP contribution in [0.1, 0.15) is 48.1 Å². The lowest BCUT2D eigenvalue weighted by atomic mass is 9.76. The maximum Gasteiger partial charge on any atom is 0.416 e. The molecule has 1 aliphatic heterocycles. The van der Waals surface area contributed by atoms with Crippen LogP contribution in [0, 0.1) is 0 Å². The van der Waals surface area contributed by atoms with Crippen LogP contribution in [-0.4, -0.2) is 39.6 Å². The molecule has 0 aliphatic carbocycles. The number of nitrogens with zero attached hydrogens (tertiary/aromatic N) is 3. The third kappa shape index (κ3) is 5.65. The molecule has 2 aromatic carbocycles. The third-order valence-corrected chi connectivity index (χ3v) is 7.02. The van der Waals surface area contributed by atoms with Crippen molar-refractivity contribution in [1.29, 1.82) is 0 Å². The van der Waals surface area contributed by atoms with E-state index in [1.165, 1.54) is 19.6 Å². The Labute approximate surface area is 209 Å². The van der Waals surface area contributed by atoms with Crippen LogP contribution >= 0.6 is 0 Å². The summed E-state index contributed by atoms with van der Waals surface area (Å²) in [5.41, 5.74) is -3.66. The van der Waals surface area contributed by atoms with E-state index >= 15 is 0 Å². The van der Waals surface area contributed by atoms with Crippen molar-refractivity contribution in [3.8, 4) is 0 Å². The first-order chi connectivity index (χ1) is 17.4. The lowest BCUT2D eigenvalue weighted by Crippen LogP contribution is -2.60. The Morgan fingerprint density at radius 2 is 1.57 bits per heavy atom. The molecular formula is C25H26F6N4O2. The van der Waals surface area contributed by atoms with Gasteiger partial charge in [0.25, 0.3) is 0 Å². The zero-order chi connectivity index (χ0) is 26.9. The van der Waals surface area contributed by atoms with Gasteiger partial charge in [-0.25, -0.2) is 0 Å². The quantitative estimate of drug-likeness (QED) is 0.420. The number of piperidine rings is 1. The van der Waals surface area contributed by atoms with Gasteiger partial charge in [0.05, 0.1) is 41.5 Å². The molecule has 37 heavy (non-hydrogen) atoms. The summed E-state index contributed by atoms with van der Waals surface area (Å²) in [6, 6.07) is 10.7. The average molecular weight is 528 g/mol. The summed E-state index contributed by atoms with van der Waals surface area (Å²) in [4.78, 5) is 0. The maximum absolute atomic E-state index is 13.3. The van der Waals surface area contributed by atoms with Crippen molar-refractivity contribution in [1.82, 2.24) is 20.1 Å². The number of halogens is 6. The fourth-order valence-electron chi connectivity index (χ4n) is 4.63. The molecule has 2 N–H and O–H groups in total. The van der Waals surface area contributed by atoms with Crippen LogP contribution in [0.2, 0.25) is 0 Å². The van der Waals surface area contributed by atoms with Crippen molar-refractivity contribution in [3.05, 3.63) is 83.4 Å². The molecule has 0 spiro atoms. The van der Waals surface area contributed by atoms with Gasteiger partial charge in [-0.05, 0) is 49.1 Å². The minimum atomic E-state index is -4.94. The van der Waals surface area contributed by atoms with Gasteiger partial charge in [-0.3, -0.25) is 0 Å². The average Bonchev–Trinajstić information content (AvgIpc) is 3.43. The first-order valence-electron chi connectivity index (χ1n) is 11.6. The smallest absolute Gasteiger partial charge is 0.394 e. The second-order valence-corrected chi connectivity index (χ2v) is 9.35. The molecule has 3 aromatic rings. The molecule has 1 fully saturated rings. The lowest BCUT2D eigenvalue weighted by molar-refractivity contribution is -0.143. The summed E-state index contributed by atoms with van der Waals surface area (Å²) in [5, 5.41) is 21.2. The van der Waals surface area contributed by atoms with Gasteiger partial charge in [-0.15, -0.1) is 10.2 Å². The minimum absolute atomic E-state index is 0.0283. The number of nitrogens with one attached hydrogen (secondary N) is 1. The van der Waals surface area contributed by atoms with Gasteiger partial charge in [-0.2, -0.15) is 26.3 Å². The number of aliphatic hydroxyl groups excluding tert-OH is 1. The Morgan fingerprint density at radius 1 is 0.973 bits per heavy atom. The molecule has 200 valence electrons. The highest BCUT2D eigenvalue weighted by Crippen LogP contribution is 2.40. The topological polar surface area (TPSA) is 72.2 Å². The van der Waals surface area contributed by atoms with Crippen LogP contribution in [-0.2, 0) is 28.2 Å². The standard InChI is InChI=1S/C25H26F6N4O2/c1-17(18-9-20(24(26,27)28)11-21(10-18)25(29,30)31)37-14-23(19-5-3-2-4-6-19)8-7-22(13-36,12-32-23)35-15-33-34-16-35/h2-6,9-11,15-17,32,36H,7-8,12-14H2,1H3/t17-,22+,23+/m1/s1. The van der Waals surface area contributed by atoms with E-state index in [4.69, 9.17) is 4.74 Å². The minimum Gasteiger partial charge on any atom is -0.394 e. The number of hydrogen-bond donors (Lipinski definition) is 2. The summed E-state index contributed by atoms with van der Waals surface area (Å²) in [5.74, 6) is 0. The first kappa shape index (κ1) is 27.1. The zero-order valence-electron chi connectivity index (χ0n) is 19.9. The van der Waals surface area contributed by atoms with Gasteiger partial charge in [0.2, 0.25) is 0 Å². The molecule has 6 nitrogen and oxygen atoms in total. The fraction of sp³-hybridized carbons (Fsp3) is 0.440. The lowest BCUT2D eigenvalue weighted by Gasteiger charge is -2.47. The van der Waals surface area contributed by atoms with E-state index in [9.17, 15) is 31.4 Å². The Morgan fingerprint density at radius 3 is 2.05 bits per heavy atom. The van der Waals surface area contributed by atoms with Gasteiger partial charge in [-0.1, -0.05) is 30.3 Å². The van der Waals surface area contributed by atoms with E-state index in [-0.39, 0.29) is 24.8 Å². The monoisotopic (exact) mass is 528 g/mol. The van der Waals surface area contributed by atoms with E-state index in [2.05, 4.69) is 15.5 Å². The van der Waals surface area contributed by atoms with Crippen molar-refractivity contribution < 1.29 is 36.2 Å². The van der Waals surface area contributed by atoms with Crippen molar-refractivity contribution >= 4 is 0 Å². The van der Waals surface area contributed by atoms with Crippen molar-refractivity contribution in [2.75, 3.05) is 19.8 Å². The van der Waals surface area contributed by atoms with E-state index in [1.807, 2.05) is 30.3 Å². The molecule has 0 amide bonds. The molecule has 2 heterocycles. The molecule has 0 bridgehead atoms. The van der Waals surface area contributed by atoms with Crippen LogP contribution in [0.4, 0.5) is 26.3 Å². The van der Waals surface area contributed by atoms with E-state index in [0.717, 1.165) is 5.56 Å². The number of rotatable bonds is 7. The SMILES string of the molecule is C[C@@H](OC[C@]1(c2ccccc2)CC[C@](CO)(n2cnnc2)CN1)c1cc(C(F)(F)F)cc(C(F)(F)F)c1. The molecule has 0 unspecified atom stereocenters. The summed E-state index contributed by atoms with van der Waals surface area (Å²) in [7, 11) is 0.